The number of carbonyl (C=O) groups is 1. The molecule has 0 bridgehead atoms. The summed E-state index contributed by atoms with van der Waals surface area (Å²) in [6.45, 7) is 3.51. The fourth-order valence-electron chi connectivity index (χ4n) is 5.90. The van der Waals surface area contributed by atoms with Crippen molar-refractivity contribution >= 4 is 16.4 Å². The van der Waals surface area contributed by atoms with Gasteiger partial charge in [-0.3, -0.25) is 9.35 Å². The van der Waals surface area contributed by atoms with Gasteiger partial charge in [0, 0.05) is 13.0 Å². The molecule has 12 nitrogen and oxygen atoms in total. The zero-order chi connectivity index (χ0) is 46.8. The van der Waals surface area contributed by atoms with Crippen LogP contribution < -0.4 is 0 Å². The van der Waals surface area contributed by atoms with Gasteiger partial charge in [-0.2, -0.15) is 8.42 Å². The minimum atomic E-state index is -5.09. The van der Waals surface area contributed by atoms with E-state index in [2.05, 4.69) is 140 Å². The van der Waals surface area contributed by atoms with Crippen molar-refractivity contribution in [2.75, 3.05) is 26.4 Å². The third-order valence-electron chi connectivity index (χ3n) is 9.28. The lowest BCUT2D eigenvalue weighted by Gasteiger charge is -2.41. The Kier molecular flexibility index (Phi) is 37.1. The molecule has 1 saturated heterocycles. The van der Waals surface area contributed by atoms with Crippen molar-refractivity contribution < 1.29 is 56.2 Å². The largest absolute Gasteiger partial charge is 0.457 e. The third kappa shape index (κ3) is 33.7. The highest BCUT2D eigenvalue weighted by Gasteiger charge is 2.48. The van der Waals surface area contributed by atoms with Gasteiger partial charge in [0.2, 0.25) is 0 Å². The molecule has 1 aliphatic rings. The highest BCUT2D eigenvalue weighted by molar-refractivity contribution is 7.80. The smallest absolute Gasteiger partial charge is 0.397 e. The molecule has 0 aromatic carbocycles. The fourth-order valence-corrected chi connectivity index (χ4v) is 6.41. The highest BCUT2D eigenvalue weighted by Crippen LogP contribution is 2.26. The second kappa shape index (κ2) is 40.7. The molecular formula is C51H78O12S. The van der Waals surface area contributed by atoms with E-state index in [-0.39, 0.29) is 19.6 Å². The molecule has 0 radical (unpaired) electrons. The van der Waals surface area contributed by atoms with Gasteiger partial charge in [-0.15, -0.1) is 0 Å². The van der Waals surface area contributed by atoms with Crippen molar-refractivity contribution in [2.45, 2.75) is 153 Å². The van der Waals surface area contributed by atoms with Crippen molar-refractivity contribution in [3.8, 4) is 0 Å². The van der Waals surface area contributed by atoms with E-state index in [1.165, 1.54) is 0 Å². The van der Waals surface area contributed by atoms with E-state index in [1.54, 1.807) is 0 Å². The lowest BCUT2D eigenvalue weighted by molar-refractivity contribution is -0.301. The van der Waals surface area contributed by atoms with Crippen molar-refractivity contribution in [1.29, 1.82) is 0 Å². The van der Waals surface area contributed by atoms with E-state index < -0.39 is 59.8 Å². The van der Waals surface area contributed by atoms with Crippen LogP contribution in [0.3, 0.4) is 0 Å². The van der Waals surface area contributed by atoms with Gasteiger partial charge in [0.1, 0.15) is 30.5 Å². The predicted molar refractivity (Wildman–Crippen MR) is 257 cm³/mol. The summed E-state index contributed by atoms with van der Waals surface area (Å²) < 4.78 is 58.9. The molecule has 0 aromatic rings. The standard InChI is InChI=1S/C51H78O12S/c1-3-5-7-9-11-13-15-17-18-19-20-21-22-23-24-25-26-27-29-31-33-35-37-39-41-59-43-45(44-60-51-49(55)50(63-64(56,57)58)48(54)46(42-52)62-51)61-47(53)40-38-36-34-32-30-28-16-14-12-10-8-6-4-2/h5-8,11-14,17-18,20-21,23-24,26-28,30-31,33-34,36,45-46,48-52,54-55H,3-4,9-10,15-16,19,22,25,29,32,35,37-44H2,1-2H3,(H,56,57,58)/b7-5-,8-6-,13-11-,14-12-,18-17-,21-20-,24-23-,27-26-,30-28-,33-31-,36-34-. The molecule has 0 aromatic heterocycles. The summed E-state index contributed by atoms with van der Waals surface area (Å²) in [5.74, 6) is -0.502. The summed E-state index contributed by atoms with van der Waals surface area (Å²) in [6, 6.07) is 0. The van der Waals surface area contributed by atoms with Crippen molar-refractivity contribution in [3.05, 3.63) is 134 Å². The Hall–Kier alpha value is -3.76. The monoisotopic (exact) mass is 915 g/mol. The molecule has 360 valence electrons. The van der Waals surface area contributed by atoms with Crippen LogP contribution in [0.5, 0.6) is 0 Å². The maximum absolute atomic E-state index is 12.8. The number of aliphatic hydroxyl groups excluding tert-OH is 3. The summed E-state index contributed by atoms with van der Waals surface area (Å²) in [7, 11) is -5.09. The third-order valence-corrected chi connectivity index (χ3v) is 9.75. The molecule has 0 spiro atoms. The highest BCUT2D eigenvalue weighted by atomic mass is 32.3. The first-order valence-electron chi connectivity index (χ1n) is 22.9. The Labute approximate surface area is 384 Å². The number of esters is 1. The number of allylic oxidation sites excluding steroid dienone is 22. The molecule has 0 aliphatic carbocycles. The number of carbonyl (C=O) groups excluding carboxylic acids is 1. The van der Waals surface area contributed by atoms with E-state index in [0.29, 0.717) is 13.0 Å². The minimum absolute atomic E-state index is 0.0337. The van der Waals surface area contributed by atoms with Crippen molar-refractivity contribution in [3.63, 3.8) is 0 Å². The quantitative estimate of drug-likeness (QED) is 0.0201. The predicted octanol–water partition coefficient (Wildman–Crippen LogP) is 9.96. The molecule has 6 atom stereocenters. The molecule has 13 heteroatoms. The van der Waals surface area contributed by atoms with Gasteiger partial charge in [-0.1, -0.05) is 148 Å². The van der Waals surface area contributed by atoms with Crippen molar-refractivity contribution in [2.24, 2.45) is 0 Å². The topological polar surface area (TPSA) is 178 Å². The average molecular weight is 915 g/mol. The molecule has 4 N–H and O–H groups in total. The molecule has 0 amide bonds. The molecule has 1 aliphatic heterocycles. The molecule has 6 unspecified atom stereocenters. The van der Waals surface area contributed by atoms with Crippen LogP contribution in [-0.2, 0) is 38.3 Å². The number of ether oxygens (including phenoxy) is 4. The molecule has 0 saturated carbocycles. The first-order valence-corrected chi connectivity index (χ1v) is 24.3. The van der Waals surface area contributed by atoms with Crippen LogP contribution >= 0.6 is 0 Å². The number of aliphatic hydroxyl groups is 3. The van der Waals surface area contributed by atoms with E-state index >= 15 is 0 Å². The maximum Gasteiger partial charge on any atom is 0.397 e. The minimum Gasteiger partial charge on any atom is -0.457 e. The van der Waals surface area contributed by atoms with Gasteiger partial charge >= 0.3 is 16.4 Å². The van der Waals surface area contributed by atoms with Crippen LogP contribution in [0.2, 0.25) is 0 Å². The Morgan fingerprint density at radius 1 is 0.594 bits per heavy atom. The first kappa shape index (κ1) is 58.3. The van der Waals surface area contributed by atoms with E-state index in [0.717, 1.165) is 89.9 Å². The molecule has 64 heavy (non-hydrogen) atoms. The molecule has 1 heterocycles. The van der Waals surface area contributed by atoms with E-state index in [9.17, 15) is 28.5 Å². The van der Waals surface area contributed by atoms with Gasteiger partial charge in [0.15, 0.2) is 6.29 Å². The van der Waals surface area contributed by atoms with Crippen LogP contribution in [0.25, 0.3) is 0 Å². The SMILES string of the molecule is CC/C=C\C/C=C\C/C=C\C/C=C\C/C=C\C/C=C\C/C=C\CCCCOCC(COC1OC(CO)C(O)C(OS(=O)(=O)O)C1O)OC(=O)CC/C=C\C/C=C\C/C=C\C/C=C\CC. The average Bonchev–Trinajstić information content (AvgIpc) is 3.27. The van der Waals surface area contributed by atoms with Gasteiger partial charge in [0.05, 0.1) is 19.8 Å². The maximum atomic E-state index is 12.8. The van der Waals surface area contributed by atoms with Gasteiger partial charge in [-0.25, -0.2) is 4.18 Å². The molecule has 1 rings (SSSR count). The van der Waals surface area contributed by atoms with Crippen molar-refractivity contribution in [1.82, 2.24) is 0 Å². The number of rotatable bonds is 37. The van der Waals surface area contributed by atoms with Gasteiger partial charge in [0.25, 0.3) is 0 Å². The number of hydrogen-bond donors (Lipinski definition) is 4. The normalized spacial score (nSPS) is 21.0. The van der Waals surface area contributed by atoms with Crippen LogP contribution in [0.1, 0.15) is 117 Å². The molecule has 1 fully saturated rings. The molecular weight excluding hydrogens is 837 g/mol. The Bertz CT molecular complexity index is 1620. The summed E-state index contributed by atoms with van der Waals surface area (Å²) >= 11 is 0. The fraction of sp³-hybridized carbons (Fsp3) is 0.549. The Morgan fingerprint density at radius 2 is 1.02 bits per heavy atom. The summed E-state index contributed by atoms with van der Waals surface area (Å²) in [5.41, 5.74) is 0. The van der Waals surface area contributed by atoms with Crippen LogP contribution in [0, 0.1) is 0 Å². The van der Waals surface area contributed by atoms with E-state index in [1.807, 2.05) is 12.2 Å². The Balaban J connectivity index is 2.48. The summed E-state index contributed by atoms with van der Waals surface area (Å²) in [4.78, 5) is 12.8. The van der Waals surface area contributed by atoms with Crippen LogP contribution in [-0.4, -0.2) is 97.5 Å². The first-order chi connectivity index (χ1) is 31.1. The lowest BCUT2D eigenvalue weighted by Crippen LogP contribution is -2.60. The second-order valence-corrected chi connectivity index (χ2v) is 15.9. The van der Waals surface area contributed by atoms with Crippen LogP contribution in [0.4, 0.5) is 0 Å². The second-order valence-electron chi connectivity index (χ2n) is 14.9. The zero-order valence-corrected chi connectivity index (χ0v) is 39.1. The summed E-state index contributed by atoms with van der Waals surface area (Å²) in [6.07, 6.45) is 50.9. The van der Waals surface area contributed by atoms with Gasteiger partial charge < -0.3 is 34.3 Å². The Morgan fingerprint density at radius 3 is 1.44 bits per heavy atom. The lowest BCUT2D eigenvalue weighted by atomic mass is 9.99. The number of unbranched alkanes of at least 4 members (excludes halogenated alkanes) is 2. The van der Waals surface area contributed by atoms with Gasteiger partial charge in [-0.05, 0) is 96.3 Å². The zero-order valence-electron chi connectivity index (χ0n) is 38.3. The number of hydrogen-bond acceptors (Lipinski definition) is 11. The summed E-state index contributed by atoms with van der Waals surface area (Å²) in [5, 5.41) is 30.6. The van der Waals surface area contributed by atoms with Crippen LogP contribution in [0.15, 0.2) is 134 Å². The van der Waals surface area contributed by atoms with E-state index in [4.69, 9.17) is 23.5 Å².